The molecule has 0 amide bonds. The third-order valence-electron chi connectivity index (χ3n) is 5.03. The minimum absolute atomic E-state index is 0.644. The number of hydrogen-bond acceptors (Lipinski definition) is 3. The topological polar surface area (TPSA) is 25.4 Å². The Hall–Kier alpha value is -2.07. The van der Waals surface area contributed by atoms with Crippen LogP contribution in [0.5, 0.6) is 5.75 Å². The lowest BCUT2D eigenvalue weighted by atomic mass is 10.1. The normalized spacial score (nSPS) is 14.4. The molecule has 144 valence electrons. The maximum Gasteiger partial charge on any atom is 0.120 e. The molecule has 1 saturated heterocycles. The van der Waals surface area contributed by atoms with Gasteiger partial charge in [-0.2, -0.15) is 0 Å². The van der Waals surface area contributed by atoms with Gasteiger partial charge in [0.2, 0.25) is 0 Å². The molecule has 0 N–H and O–H groups in total. The Morgan fingerprint density at radius 2 is 1.64 bits per heavy atom. The lowest BCUT2D eigenvalue weighted by molar-refractivity contribution is 0.238. The molecule has 4 rings (SSSR count). The molecule has 1 aliphatic heterocycles. The van der Waals surface area contributed by atoms with E-state index < -0.39 is 0 Å². The van der Waals surface area contributed by atoms with Crippen LogP contribution in [0.3, 0.4) is 0 Å². The van der Waals surface area contributed by atoms with Gasteiger partial charge in [-0.15, -0.1) is 0 Å². The first kappa shape index (κ1) is 19.3. The second-order valence-corrected chi connectivity index (χ2v) is 7.82. The van der Waals surface area contributed by atoms with Crippen molar-refractivity contribution in [1.82, 2.24) is 9.88 Å². The quantitative estimate of drug-likeness (QED) is 0.481. The van der Waals surface area contributed by atoms with Gasteiger partial charge >= 0.3 is 0 Å². The fraction of sp³-hybridized carbons (Fsp3) is 0.261. The van der Waals surface area contributed by atoms with Crippen LogP contribution in [0.1, 0.15) is 12.8 Å². The largest absolute Gasteiger partial charge is 0.492 e. The first-order valence-electron chi connectivity index (χ1n) is 9.56. The van der Waals surface area contributed by atoms with Gasteiger partial charge in [0.25, 0.3) is 0 Å². The third kappa shape index (κ3) is 4.67. The fourth-order valence-electron chi connectivity index (χ4n) is 3.46. The number of nitrogens with zero attached hydrogens (tertiary/aromatic N) is 2. The standard InChI is InChI=1S/C23H22Cl2N2O/c24-19-6-3-17(4-7-19)18-5-10-23(26-16-18)21-9-8-20(15-22(21)25)28-14-13-27-11-1-2-12-27/h3-10,15-16H,1-2,11-14H2. The molecule has 3 nitrogen and oxygen atoms in total. The first-order chi connectivity index (χ1) is 13.7. The molecule has 2 aromatic carbocycles. The van der Waals surface area contributed by atoms with Crippen molar-refractivity contribution in [2.45, 2.75) is 12.8 Å². The van der Waals surface area contributed by atoms with E-state index in [4.69, 9.17) is 27.9 Å². The van der Waals surface area contributed by atoms with Crippen molar-refractivity contribution in [2.24, 2.45) is 0 Å². The molecular weight excluding hydrogens is 391 g/mol. The highest BCUT2D eigenvalue weighted by Crippen LogP contribution is 2.31. The van der Waals surface area contributed by atoms with Crippen molar-refractivity contribution in [3.63, 3.8) is 0 Å². The predicted octanol–water partition coefficient (Wildman–Crippen LogP) is 6.20. The van der Waals surface area contributed by atoms with Crippen LogP contribution in [0.25, 0.3) is 22.4 Å². The summed E-state index contributed by atoms with van der Waals surface area (Å²) < 4.78 is 5.87. The lowest BCUT2D eigenvalue weighted by Gasteiger charge is -2.15. The molecule has 0 spiro atoms. The number of rotatable bonds is 6. The summed E-state index contributed by atoms with van der Waals surface area (Å²) in [6.45, 7) is 4.01. The number of halogens is 2. The van der Waals surface area contributed by atoms with Gasteiger partial charge in [-0.25, -0.2) is 0 Å². The van der Waals surface area contributed by atoms with E-state index in [1.807, 2.05) is 60.8 Å². The lowest BCUT2D eigenvalue weighted by Crippen LogP contribution is -2.25. The van der Waals surface area contributed by atoms with Gasteiger partial charge in [0.1, 0.15) is 12.4 Å². The van der Waals surface area contributed by atoms with Crippen molar-refractivity contribution in [1.29, 1.82) is 0 Å². The molecule has 0 unspecified atom stereocenters. The van der Waals surface area contributed by atoms with Crippen molar-refractivity contribution < 1.29 is 4.74 Å². The molecule has 0 bridgehead atoms. The van der Waals surface area contributed by atoms with Crippen LogP contribution in [0.4, 0.5) is 0 Å². The molecule has 2 heterocycles. The Morgan fingerprint density at radius 3 is 2.32 bits per heavy atom. The zero-order valence-corrected chi connectivity index (χ0v) is 17.1. The molecule has 0 atom stereocenters. The highest BCUT2D eigenvalue weighted by molar-refractivity contribution is 6.33. The summed E-state index contributed by atoms with van der Waals surface area (Å²) in [4.78, 5) is 7.02. The third-order valence-corrected chi connectivity index (χ3v) is 5.60. The summed E-state index contributed by atoms with van der Waals surface area (Å²) in [5, 5.41) is 1.37. The van der Waals surface area contributed by atoms with Gasteiger partial charge < -0.3 is 4.74 Å². The summed E-state index contributed by atoms with van der Waals surface area (Å²) in [6, 6.07) is 17.6. The van der Waals surface area contributed by atoms with Gasteiger partial charge in [0, 0.05) is 28.9 Å². The number of likely N-dealkylation sites (tertiary alicyclic amines) is 1. The molecule has 1 aromatic heterocycles. The molecule has 5 heteroatoms. The van der Waals surface area contributed by atoms with E-state index in [1.54, 1.807) is 0 Å². The average Bonchev–Trinajstić information content (AvgIpc) is 3.23. The molecule has 1 fully saturated rings. The minimum Gasteiger partial charge on any atom is -0.492 e. The van der Waals surface area contributed by atoms with E-state index in [0.29, 0.717) is 11.6 Å². The SMILES string of the molecule is Clc1ccc(-c2ccc(-c3ccc(OCCN4CCCC4)cc3Cl)nc2)cc1. The molecule has 3 aromatic rings. The van der Waals surface area contributed by atoms with Crippen molar-refractivity contribution >= 4 is 23.2 Å². The van der Waals surface area contributed by atoms with Crippen molar-refractivity contribution in [3.8, 4) is 28.1 Å². The van der Waals surface area contributed by atoms with Crippen LogP contribution in [0.2, 0.25) is 10.0 Å². The maximum atomic E-state index is 6.50. The van der Waals surface area contributed by atoms with Crippen LogP contribution in [-0.4, -0.2) is 36.1 Å². The zero-order valence-electron chi connectivity index (χ0n) is 15.6. The van der Waals surface area contributed by atoms with Crippen LogP contribution in [0, 0.1) is 0 Å². The smallest absolute Gasteiger partial charge is 0.120 e. The second-order valence-electron chi connectivity index (χ2n) is 6.98. The number of aromatic nitrogens is 1. The predicted molar refractivity (Wildman–Crippen MR) is 116 cm³/mol. The van der Waals surface area contributed by atoms with E-state index in [0.717, 1.165) is 39.7 Å². The van der Waals surface area contributed by atoms with Crippen LogP contribution >= 0.6 is 23.2 Å². The number of hydrogen-bond donors (Lipinski definition) is 0. The van der Waals surface area contributed by atoms with Gasteiger partial charge in [-0.3, -0.25) is 9.88 Å². The van der Waals surface area contributed by atoms with Gasteiger partial charge in [-0.1, -0.05) is 41.4 Å². The van der Waals surface area contributed by atoms with E-state index >= 15 is 0 Å². The Bertz CT molecular complexity index is 920. The summed E-state index contributed by atoms with van der Waals surface area (Å²) in [5.41, 5.74) is 3.86. The Morgan fingerprint density at radius 1 is 0.893 bits per heavy atom. The monoisotopic (exact) mass is 412 g/mol. The van der Waals surface area contributed by atoms with Crippen LogP contribution in [-0.2, 0) is 0 Å². The number of pyridine rings is 1. The summed E-state index contributed by atoms with van der Waals surface area (Å²) in [5.74, 6) is 0.797. The van der Waals surface area contributed by atoms with Crippen LogP contribution < -0.4 is 4.74 Å². The van der Waals surface area contributed by atoms with Crippen LogP contribution in [0.15, 0.2) is 60.8 Å². The Kier molecular flexibility index (Phi) is 6.16. The molecule has 28 heavy (non-hydrogen) atoms. The number of benzene rings is 2. The minimum atomic E-state index is 0.644. The van der Waals surface area contributed by atoms with Gasteiger partial charge in [0.15, 0.2) is 0 Å². The van der Waals surface area contributed by atoms with Gasteiger partial charge in [-0.05, 0) is 67.9 Å². The van der Waals surface area contributed by atoms with E-state index in [2.05, 4.69) is 9.88 Å². The maximum absolute atomic E-state index is 6.50. The summed E-state index contributed by atoms with van der Waals surface area (Å²) in [7, 11) is 0. The summed E-state index contributed by atoms with van der Waals surface area (Å²) >= 11 is 12.5. The summed E-state index contributed by atoms with van der Waals surface area (Å²) in [6.07, 6.45) is 4.45. The van der Waals surface area contributed by atoms with Gasteiger partial charge in [0.05, 0.1) is 10.7 Å². The average molecular weight is 413 g/mol. The van der Waals surface area contributed by atoms with Crippen molar-refractivity contribution in [3.05, 3.63) is 70.8 Å². The highest BCUT2D eigenvalue weighted by atomic mass is 35.5. The Labute approximate surface area is 175 Å². The fourth-order valence-corrected chi connectivity index (χ4v) is 3.85. The molecule has 0 aliphatic carbocycles. The molecule has 0 radical (unpaired) electrons. The van der Waals surface area contributed by atoms with Crippen molar-refractivity contribution in [2.75, 3.05) is 26.2 Å². The highest BCUT2D eigenvalue weighted by Gasteiger charge is 2.11. The molecular formula is C23H22Cl2N2O. The first-order valence-corrected chi connectivity index (χ1v) is 10.3. The molecule has 0 saturated carbocycles. The second kappa shape index (κ2) is 8.95. The Balaban J connectivity index is 1.42. The molecule has 1 aliphatic rings. The number of ether oxygens (including phenoxy) is 1. The van der Waals surface area contributed by atoms with E-state index in [9.17, 15) is 0 Å². The van der Waals surface area contributed by atoms with E-state index in [-0.39, 0.29) is 0 Å². The van der Waals surface area contributed by atoms with E-state index in [1.165, 1.54) is 25.9 Å². The zero-order chi connectivity index (χ0) is 19.3.